The summed E-state index contributed by atoms with van der Waals surface area (Å²) in [5.74, 6) is 0. The van der Waals surface area contributed by atoms with Crippen molar-refractivity contribution in [3.63, 3.8) is 0 Å². The van der Waals surface area contributed by atoms with Gasteiger partial charge in [-0.05, 0) is 30.5 Å². The lowest BCUT2D eigenvalue weighted by molar-refractivity contribution is 0.0908. The molecule has 0 aliphatic rings. The number of ether oxygens (including phenoxy) is 1. The van der Waals surface area contributed by atoms with Crippen molar-refractivity contribution in [3.05, 3.63) is 52.5 Å². The number of thiophene rings is 1. The molecule has 1 atom stereocenters. The number of hydrogen-bond acceptors (Lipinski definition) is 3. The second kappa shape index (κ2) is 5.05. The van der Waals surface area contributed by atoms with Gasteiger partial charge < -0.3 is 4.74 Å². The highest BCUT2D eigenvalue weighted by Gasteiger charge is 2.15. The predicted octanol–water partition coefficient (Wildman–Crippen LogP) is 3.27. The maximum absolute atomic E-state index is 5.72. The van der Waals surface area contributed by atoms with Crippen LogP contribution in [0.15, 0.2) is 41.9 Å². The first-order valence-electron chi connectivity index (χ1n) is 4.97. The Labute approximate surface area is 93.6 Å². The maximum atomic E-state index is 5.72. The van der Waals surface area contributed by atoms with Crippen LogP contribution in [0.5, 0.6) is 0 Å². The van der Waals surface area contributed by atoms with Gasteiger partial charge in [0, 0.05) is 17.7 Å². The molecule has 2 rings (SSSR count). The van der Waals surface area contributed by atoms with Gasteiger partial charge in [-0.1, -0.05) is 12.1 Å². The summed E-state index contributed by atoms with van der Waals surface area (Å²) in [4.78, 5) is 5.54. The van der Waals surface area contributed by atoms with Gasteiger partial charge in [-0.15, -0.1) is 11.3 Å². The fourth-order valence-electron chi connectivity index (χ4n) is 1.45. The van der Waals surface area contributed by atoms with Gasteiger partial charge in [-0.25, -0.2) is 0 Å². The summed E-state index contributed by atoms with van der Waals surface area (Å²) in [5.41, 5.74) is 0.974. The average Bonchev–Trinajstić information content (AvgIpc) is 2.80. The summed E-state index contributed by atoms with van der Waals surface area (Å²) in [7, 11) is 0. The zero-order valence-electron chi connectivity index (χ0n) is 8.59. The van der Waals surface area contributed by atoms with Gasteiger partial charge in [0.1, 0.15) is 6.10 Å². The molecule has 0 radical (unpaired) electrons. The molecule has 0 spiro atoms. The Kier molecular flexibility index (Phi) is 3.48. The van der Waals surface area contributed by atoms with Crippen molar-refractivity contribution in [2.45, 2.75) is 13.0 Å². The van der Waals surface area contributed by atoms with E-state index in [2.05, 4.69) is 16.4 Å². The van der Waals surface area contributed by atoms with Crippen molar-refractivity contribution in [1.29, 1.82) is 0 Å². The number of rotatable bonds is 4. The lowest BCUT2D eigenvalue weighted by Crippen LogP contribution is -2.05. The lowest BCUT2D eigenvalue weighted by atomic mass is 10.2. The van der Waals surface area contributed by atoms with Crippen LogP contribution in [0.2, 0.25) is 0 Å². The highest BCUT2D eigenvalue weighted by molar-refractivity contribution is 7.10. The van der Waals surface area contributed by atoms with E-state index in [1.807, 2.05) is 31.2 Å². The number of hydrogen-bond donors (Lipinski definition) is 0. The topological polar surface area (TPSA) is 22.1 Å². The lowest BCUT2D eigenvalue weighted by Gasteiger charge is -2.14. The second-order valence-electron chi connectivity index (χ2n) is 3.11. The van der Waals surface area contributed by atoms with Crippen molar-refractivity contribution < 1.29 is 4.74 Å². The Bertz CT molecular complexity index is 385. The molecular formula is C12H13NOS. The zero-order chi connectivity index (χ0) is 10.5. The van der Waals surface area contributed by atoms with E-state index in [1.54, 1.807) is 17.5 Å². The molecule has 0 aliphatic carbocycles. The van der Waals surface area contributed by atoms with E-state index >= 15 is 0 Å². The predicted molar refractivity (Wildman–Crippen MR) is 62.0 cm³/mol. The molecule has 0 saturated carbocycles. The molecule has 0 aromatic carbocycles. The van der Waals surface area contributed by atoms with Crippen LogP contribution in [-0.2, 0) is 4.74 Å². The number of pyridine rings is 1. The molecule has 2 aromatic heterocycles. The maximum Gasteiger partial charge on any atom is 0.133 e. The third-order valence-corrected chi connectivity index (χ3v) is 3.01. The smallest absolute Gasteiger partial charge is 0.133 e. The molecule has 15 heavy (non-hydrogen) atoms. The molecular weight excluding hydrogens is 206 g/mol. The summed E-state index contributed by atoms with van der Waals surface area (Å²) in [6, 6.07) is 10.0. The SMILES string of the molecule is CCOC(c1ccccn1)c1cccs1. The van der Waals surface area contributed by atoms with Crippen molar-refractivity contribution in [2.75, 3.05) is 6.61 Å². The molecule has 3 heteroatoms. The van der Waals surface area contributed by atoms with E-state index in [0.717, 1.165) is 5.69 Å². The molecule has 0 bridgehead atoms. The zero-order valence-corrected chi connectivity index (χ0v) is 9.41. The Morgan fingerprint density at radius 1 is 1.33 bits per heavy atom. The normalized spacial score (nSPS) is 12.6. The summed E-state index contributed by atoms with van der Waals surface area (Å²) >= 11 is 1.70. The molecule has 1 unspecified atom stereocenters. The molecule has 0 amide bonds. The van der Waals surface area contributed by atoms with E-state index in [4.69, 9.17) is 4.74 Å². The standard InChI is InChI=1S/C12H13NOS/c1-2-14-12(11-7-5-9-15-11)10-6-3-4-8-13-10/h3-9,12H,2H2,1H3. The Morgan fingerprint density at radius 2 is 2.27 bits per heavy atom. The van der Waals surface area contributed by atoms with Crippen LogP contribution in [0.25, 0.3) is 0 Å². The van der Waals surface area contributed by atoms with Crippen LogP contribution >= 0.6 is 11.3 Å². The van der Waals surface area contributed by atoms with Gasteiger partial charge in [-0.2, -0.15) is 0 Å². The van der Waals surface area contributed by atoms with Crippen LogP contribution in [0.3, 0.4) is 0 Å². The van der Waals surface area contributed by atoms with E-state index in [9.17, 15) is 0 Å². The molecule has 78 valence electrons. The van der Waals surface area contributed by atoms with Gasteiger partial charge in [0.25, 0.3) is 0 Å². The monoisotopic (exact) mass is 219 g/mol. The van der Waals surface area contributed by atoms with E-state index in [-0.39, 0.29) is 6.10 Å². The molecule has 2 nitrogen and oxygen atoms in total. The molecule has 0 N–H and O–H groups in total. The minimum atomic E-state index is -0.0174. The van der Waals surface area contributed by atoms with Gasteiger partial charge in [0.2, 0.25) is 0 Å². The van der Waals surface area contributed by atoms with Gasteiger partial charge >= 0.3 is 0 Å². The Morgan fingerprint density at radius 3 is 2.87 bits per heavy atom. The van der Waals surface area contributed by atoms with Gasteiger partial charge in [0.05, 0.1) is 5.69 Å². The molecule has 0 aliphatic heterocycles. The molecule has 0 saturated heterocycles. The van der Waals surface area contributed by atoms with Crippen LogP contribution in [0.1, 0.15) is 23.6 Å². The quantitative estimate of drug-likeness (QED) is 0.787. The molecule has 0 fully saturated rings. The van der Waals surface area contributed by atoms with Crippen LogP contribution < -0.4 is 0 Å². The first-order valence-corrected chi connectivity index (χ1v) is 5.85. The van der Waals surface area contributed by atoms with Gasteiger partial charge in [0.15, 0.2) is 0 Å². The van der Waals surface area contributed by atoms with Crippen LogP contribution in [0, 0.1) is 0 Å². The summed E-state index contributed by atoms with van der Waals surface area (Å²) < 4.78 is 5.72. The van der Waals surface area contributed by atoms with Gasteiger partial charge in [-0.3, -0.25) is 4.98 Å². The highest BCUT2D eigenvalue weighted by atomic mass is 32.1. The van der Waals surface area contributed by atoms with Crippen LogP contribution in [-0.4, -0.2) is 11.6 Å². The van der Waals surface area contributed by atoms with E-state index in [1.165, 1.54) is 4.88 Å². The van der Waals surface area contributed by atoms with E-state index < -0.39 is 0 Å². The fourth-order valence-corrected chi connectivity index (χ4v) is 2.24. The Hall–Kier alpha value is -1.19. The highest BCUT2D eigenvalue weighted by Crippen LogP contribution is 2.27. The van der Waals surface area contributed by atoms with Crippen molar-refractivity contribution >= 4 is 11.3 Å². The minimum Gasteiger partial charge on any atom is -0.367 e. The third kappa shape index (κ3) is 2.43. The second-order valence-corrected chi connectivity index (χ2v) is 4.08. The van der Waals surface area contributed by atoms with Crippen molar-refractivity contribution in [2.24, 2.45) is 0 Å². The van der Waals surface area contributed by atoms with Crippen LogP contribution in [0.4, 0.5) is 0 Å². The molecule has 2 aromatic rings. The number of aromatic nitrogens is 1. The summed E-state index contributed by atoms with van der Waals surface area (Å²) in [5, 5.41) is 2.06. The van der Waals surface area contributed by atoms with Crippen molar-refractivity contribution in [1.82, 2.24) is 4.98 Å². The summed E-state index contributed by atoms with van der Waals surface area (Å²) in [6.45, 7) is 2.70. The first kappa shape index (κ1) is 10.3. The van der Waals surface area contributed by atoms with Crippen molar-refractivity contribution in [3.8, 4) is 0 Å². The third-order valence-electron chi connectivity index (χ3n) is 2.09. The average molecular weight is 219 g/mol. The Balaban J connectivity index is 2.28. The molecule has 2 heterocycles. The first-order chi connectivity index (χ1) is 7.42. The van der Waals surface area contributed by atoms with E-state index in [0.29, 0.717) is 6.61 Å². The summed E-state index contributed by atoms with van der Waals surface area (Å²) in [6.07, 6.45) is 1.78. The largest absolute Gasteiger partial charge is 0.367 e. The fraction of sp³-hybridized carbons (Fsp3) is 0.250. The minimum absolute atomic E-state index is 0.0174. The number of nitrogens with zero attached hydrogens (tertiary/aromatic N) is 1.